The first-order valence-corrected chi connectivity index (χ1v) is 11.9. The van der Waals surface area contributed by atoms with E-state index in [9.17, 15) is 4.48 Å². The van der Waals surface area contributed by atoms with Crippen LogP contribution in [-0.4, -0.2) is 12.6 Å². The number of nitrogens with one attached hydrogen (secondary N) is 2. The second-order valence-electron chi connectivity index (χ2n) is 9.02. The van der Waals surface area contributed by atoms with E-state index in [4.69, 9.17) is 0 Å². The molecule has 2 nitrogen and oxygen atoms in total. The first-order valence-electron chi connectivity index (χ1n) is 11.9. The third-order valence-electron chi connectivity index (χ3n) is 6.85. The first kappa shape index (κ1) is 23.2. The topological polar surface area (TPSA) is 24.1 Å². The Hall–Kier alpha value is -1.09. The van der Waals surface area contributed by atoms with Crippen molar-refractivity contribution in [2.75, 3.05) is 11.9 Å². The normalized spacial score (nSPS) is 18.5. The highest BCUT2D eigenvalue weighted by atomic mass is 19.2. The van der Waals surface area contributed by atoms with Gasteiger partial charge in [-0.2, -0.15) is 5.54 Å². The van der Waals surface area contributed by atoms with Gasteiger partial charge >= 0.3 is 0 Å². The van der Waals surface area contributed by atoms with Gasteiger partial charge in [0.25, 0.3) is 0 Å². The molecule has 1 aliphatic carbocycles. The largest absolute Gasteiger partial charge is 0.381 e. The van der Waals surface area contributed by atoms with Crippen LogP contribution >= 0.6 is 0 Å². The monoisotopic (exact) mass is 390 g/mol. The predicted molar refractivity (Wildman–Crippen MR) is 120 cm³/mol. The molecule has 0 amide bonds. The summed E-state index contributed by atoms with van der Waals surface area (Å²) >= 11 is 0. The van der Waals surface area contributed by atoms with E-state index in [1.54, 1.807) is 0 Å². The molecule has 0 saturated heterocycles. The van der Waals surface area contributed by atoms with E-state index >= 15 is 0 Å². The van der Waals surface area contributed by atoms with Crippen molar-refractivity contribution in [3.05, 3.63) is 30.3 Å². The SMILES string of the molecule is CCCCCCC(CCC(C)C(CNF)Nc1ccccc1)C1CCCCC1. The molecule has 1 fully saturated rings. The summed E-state index contributed by atoms with van der Waals surface area (Å²) < 4.78 is 12.9. The van der Waals surface area contributed by atoms with E-state index in [1.165, 1.54) is 77.0 Å². The molecule has 2 N–H and O–H groups in total. The van der Waals surface area contributed by atoms with Crippen LogP contribution in [0.4, 0.5) is 10.2 Å². The van der Waals surface area contributed by atoms with E-state index in [0.717, 1.165) is 17.5 Å². The molecule has 28 heavy (non-hydrogen) atoms. The molecule has 2 rings (SSSR count). The van der Waals surface area contributed by atoms with Gasteiger partial charge in [-0.3, -0.25) is 0 Å². The van der Waals surface area contributed by atoms with Crippen LogP contribution in [0.25, 0.3) is 0 Å². The Morgan fingerprint density at radius 1 is 0.964 bits per heavy atom. The molecule has 0 aromatic heterocycles. The number of rotatable bonds is 14. The maximum Gasteiger partial charge on any atom is 0.0464 e. The summed E-state index contributed by atoms with van der Waals surface area (Å²) in [7, 11) is 0. The lowest BCUT2D eigenvalue weighted by molar-refractivity contribution is 0.203. The van der Waals surface area contributed by atoms with Gasteiger partial charge < -0.3 is 5.32 Å². The van der Waals surface area contributed by atoms with Gasteiger partial charge in [0.2, 0.25) is 0 Å². The van der Waals surface area contributed by atoms with Crippen LogP contribution in [0.15, 0.2) is 30.3 Å². The van der Waals surface area contributed by atoms with Crippen LogP contribution in [0.3, 0.4) is 0 Å². The van der Waals surface area contributed by atoms with E-state index in [-0.39, 0.29) is 6.04 Å². The lowest BCUT2D eigenvalue weighted by atomic mass is 9.74. The van der Waals surface area contributed by atoms with Crippen LogP contribution < -0.4 is 10.9 Å². The Kier molecular flexibility index (Phi) is 11.6. The Balaban J connectivity index is 1.87. The van der Waals surface area contributed by atoms with Gasteiger partial charge in [0.15, 0.2) is 0 Å². The van der Waals surface area contributed by atoms with Crippen molar-refractivity contribution in [1.82, 2.24) is 5.54 Å². The van der Waals surface area contributed by atoms with Gasteiger partial charge in [-0.25, -0.2) is 0 Å². The molecule has 1 aliphatic rings. The van der Waals surface area contributed by atoms with Gasteiger partial charge in [0.1, 0.15) is 0 Å². The minimum Gasteiger partial charge on any atom is -0.381 e. The van der Waals surface area contributed by atoms with Crippen LogP contribution in [0.2, 0.25) is 0 Å². The fourth-order valence-electron chi connectivity index (χ4n) is 4.96. The van der Waals surface area contributed by atoms with Gasteiger partial charge in [-0.1, -0.05) is 96.3 Å². The molecule has 1 aromatic carbocycles. The number of benzene rings is 1. The predicted octanol–water partition coefficient (Wildman–Crippen LogP) is 7.52. The highest BCUT2D eigenvalue weighted by Gasteiger charge is 2.25. The average molecular weight is 391 g/mol. The minimum atomic E-state index is 0.125. The number of hydrogen-bond donors (Lipinski definition) is 2. The van der Waals surface area contributed by atoms with Crippen molar-refractivity contribution in [2.24, 2.45) is 17.8 Å². The standard InChI is InChI=1S/C25H43FN2/c1-3-4-5-8-15-23(22-13-9-6-10-14-22)19-18-21(2)25(20-27-26)28-24-16-11-7-12-17-24/h7,11-12,16-17,21-23,25,27-28H,3-6,8-10,13-15,18-20H2,1-2H3. The summed E-state index contributed by atoms with van der Waals surface area (Å²) in [6, 6.07) is 10.3. The summed E-state index contributed by atoms with van der Waals surface area (Å²) in [6.07, 6.45) is 16.5. The smallest absolute Gasteiger partial charge is 0.0464 e. The summed E-state index contributed by atoms with van der Waals surface area (Å²) in [5, 5.41) is 3.54. The molecule has 3 unspecified atom stereocenters. The maximum atomic E-state index is 12.9. The van der Waals surface area contributed by atoms with Gasteiger partial charge in [-0.15, -0.1) is 4.48 Å². The second kappa shape index (κ2) is 14.0. The van der Waals surface area contributed by atoms with E-state index in [2.05, 4.69) is 31.3 Å². The third-order valence-corrected chi connectivity index (χ3v) is 6.85. The summed E-state index contributed by atoms with van der Waals surface area (Å²) in [6.45, 7) is 4.94. The second-order valence-corrected chi connectivity index (χ2v) is 9.02. The average Bonchev–Trinajstić information content (AvgIpc) is 2.74. The van der Waals surface area contributed by atoms with Crippen molar-refractivity contribution < 1.29 is 4.48 Å². The number of para-hydroxylation sites is 1. The molecule has 1 aromatic rings. The fourth-order valence-corrected chi connectivity index (χ4v) is 4.96. The van der Waals surface area contributed by atoms with Crippen molar-refractivity contribution in [3.63, 3.8) is 0 Å². The van der Waals surface area contributed by atoms with Crippen LogP contribution in [-0.2, 0) is 0 Å². The number of anilines is 1. The number of halogens is 1. The molecular weight excluding hydrogens is 347 g/mol. The molecule has 3 atom stereocenters. The first-order chi connectivity index (χ1) is 13.7. The maximum absolute atomic E-state index is 12.9. The third kappa shape index (κ3) is 8.51. The van der Waals surface area contributed by atoms with Gasteiger partial charge in [-0.05, 0) is 42.7 Å². The van der Waals surface area contributed by atoms with E-state index < -0.39 is 0 Å². The summed E-state index contributed by atoms with van der Waals surface area (Å²) in [5.74, 6) is 2.25. The molecule has 3 heteroatoms. The Labute approximate surface area is 173 Å². The fraction of sp³-hybridized carbons (Fsp3) is 0.760. The zero-order valence-corrected chi connectivity index (χ0v) is 18.3. The lowest BCUT2D eigenvalue weighted by Gasteiger charge is -2.32. The van der Waals surface area contributed by atoms with Gasteiger partial charge in [0.05, 0.1) is 0 Å². The van der Waals surface area contributed by atoms with Crippen molar-refractivity contribution in [2.45, 2.75) is 96.9 Å². The van der Waals surface area contributed by atoms with Crippen LogP contribution in [0.1, 0.15) is 90.9 Å². The highest BCUT2D eigenvalue weighted by Crippen LogP contribution is 2.36. The zero-order valence-electron chi connectivity index (χ0n) is 18.3. The Bertz CT molecular complexity index is 487. The molecule has 0 radical (unpaired) electrons. The highest BCUT2D eigenvalue weighted by molar-refractivity contribution is 5.43. The Morgan fingerprint density at radius 3 is 2.39 bits per heavy atom. The number of hydrogen-bond acceptors (Lipinski definition) is 2. The number of unbranched alkanes of at least 4 members (excludes halogenated alkanes) is 3. The van der Waals surface area contributed by atoms with E-state index in [1.807, 2.05) is 23.7 Å². The Morgan fingerprint density at radius 2 is 1.71 bits per heavy atom. The quantitative estimate of drug-likeness (QED) is 0.253. The molecule has 0 heterocycles. The summed E-state index contributed by atoms with van der Waals surface area (Å²) in [5.41, 5.74) is 2.99. The molecule has 160 valence electrons. The van der Waals surface area contributed by atoms with Crippen LogP contribution in [0.5, 0.6) is 0 Å². The minimum absolute atomic E-state index is 0.125. The molecule has 0 bridgehead atoms. The summed E-state index contributed by atoms with van der Waals surface area (Å²) in [4.78, 5) is 0. The molecule has 0 spiro atoms. The van der Waals surface area contributed by atoms with Crippen molar-refractivity contribution in [1.29, 1.82) is 0 Å². The lowest BCUT2D eigenvalue weighted by Crippen LogP contribution is -2.36. The van der Waals surface area contributed by atoms with Crippen LogP contribution in [0, 0.1) is 17.8 Å². The molecule has 0 aliphatic heterocycles. The molecular formula is C25H43FN2. The molecule has 1 saturated carbocycles. The zero-order chi connectivity index (χ0) is 20.0. The van der Waals surface area contributed by atoms with E-state index in [0.29, 0.717) is 12.5 Å². The van der Waals surface area contributed by atoms with Gasteiger partial charge in [0, 0.05) is 18.3 Å². The van der Waals surface area contributed by atoms with Crippen molar-refractivity contribution in [3.8, 4) is 0 Å². The van der Waals surface area contributed by atoms with Crippen molar-refractivity contribution >= 4 is 5.69 Å².